The van der Waals surface area contributed by atoms with Crippen LogP contribution in [0.4, 0.5) is 11.4 Å². The number of aryl methyl sites for hydroxylation is 2. The van der Waals surface area contributed by atoms with E-state index >= 15 is 0 Å². The molecule has 0 amide bonds. The molecule has 0 fully saturated rings. The van der Waals surface area contributed by atoms with E-state index in [4.69, 9.17) is 0 Å². The summed E-state index contributed by atoms with van der Waals surface area (Å²) in [6.45, 7) is 0.851. The average Bonchev–Trinajstić information content (AvgIpc) is 1.21. The van der Waals surface area contributed by atoms with Crippen molar-refractivity contribution in [3.05, 3.63) is 342 Å². The van der Waals surface area contributed by atoms with Crippen molar-refractivity contribution in [2.45, 2.75) is 88.9 Å². The SMILES string of the molecule is C1=C(CCC2CCC(CCc3ccc(-c4ccccc4)cc3)c3c(c4ccccc4c4ccccc34)C(CCc3ccc(-c4ccccc4)cc3)CCN(c3ccc(-c4ccccc4)cc3)c3c(c4ccccc4c4ccccc34)C2)CCC(c2ccccc2)=C1. The number of allylic oxidation sites excluding steroid dienone is 4. The molecule has 2 aliphatic rings. The Morgan fingerprint density at radius 1 is 0.297 bits per heavy atom. The van der Waals surface area contributed by atoms with Gasteiger partial charge in [-0.25, -0.2) is 0 Å². The van der Waals surface area contributed by atoms with Gasteiger partial charge in [0, 0.05) is 17.6 Å². The molecule has 13 aromatic carbocycles. The molecule has 444 valence electrons. The van der Waals surface area contributed by atoms with Crippen LogP contribution in [-0.4, -0.2) is 6.54 Å². The maximum Gasteiger partial charge on any atom is 0.0529 e. The quantitative estimate of drug-likeness (QED) is 0.0981. The molecule has 0 aromatic heterocycles. The Labute approximate surface area is 538 Å². The Morgan fingerprint density at radius 3 is 1.18 bits per heavy atom. The molecule has 1 heteroatoms. The number of anilines is 2. The summed E-state index contributed by atoms with van der Waals surface area (Å²) in [4.78, 5) is 2.80. The van der Waals surface area contributed by atoms with Crippen LogP contribution in [0.3, 0.4) is 0 Å². The van der Waals surface area contributed by atoms with Crippen molar-refractivity contribution < 1.29 is 0 Å². The van der Waals surface area contributed by atoms with Gasteiger partial charge in [0.2, 0.25) is 0 Å². The van der Waals surface area contributed by atoms with Gasteiger partial charge in [-0.2, -0.15) is 0 Å². The summed E-state index contributed by atoms with van der Waals surface area (Å²) in [7, 11) is 0. The van der Waals surface area contributed by atoms with Crippen molar-refractivity contribution in [3.63, 3.8) is 0 Å². The third-order valence-corrected chi connectivity index (χ3v) is 20.5. The molecule has 0 saturated carbocycles. The first-order valence-electron chi connectivity index (χ1n) is 33.6. The van der Waals surface area contributed by atoms with Gasteiger partial charge >= 0.3 is 0 Å². The van der Waals surface area contributed by atoms with Gasteiger partial charge in [-0.05, 0) is 217 Å². The van der Waals surface area contributed by atoms with Gasteiger partial charge in [-0.3, -0.25) is 0 Å². The second-order valence-corrected chi connectivity index (χ2v) is 25.9. The van der Waals surface area contributed by atoms with Crippen LogP contribution in [0.5, 0.6) is 0 Å². The Morgan fingerprint density at radius 2 is 0.692 bits per heavy atom. The Kier molecular flexibility index (Phi) is 16.9. The van der Waals surface area contributed by atoms with Crippen molar-refractivity contribution in [1.82, 2.24) is 0 Å². The van der Waals surface area contributed by atoms with Gasteiger partial charge in [0.05, 0.1) is 5.69 Å². The number of hydrogen-bond acceptors (Lipinski definition) is 1. The molecule has 1 heterocycles. The smallest absolute Gasteiger partial charge is 0.0529 e. The molecule has 0 bridgehead atoms. The Hall–Kier alpha value is -9.82. The van der Waals surface area contributed by atoms with Crippen molar-refractivity contribution >= 4 is 60.0 Å². The predicted molar refractivity (Wildman–Crippen MR) is 390 cm³/mol. The monoisotopic (exact) mass is 1170 g/mol. The molecule has 1 aliphatic heterocycles. The van der Waals surface area contributed by atoms with Crippen LogP contribution in [0.1, 0.15) is 103 Å². The molecule has 1 nitrogen and oxygen atoms in total. The molecule has 13 aromatic rings. The van der Waals surface area contributed by atoms with E-state index in [0.717, 1.165) is 83.6 Å². The minimum Gasteiger partial charge on any atom is -0.341 e. The molecular weight excluding hydrogens is 1090 g/mol. The number of rotatable bonds is 14. The minimum absolute atomic E-state index is 0.232. The van der Waals surface area contributed by atoms with Gasteiger partial charge in [0.1, 0.15) is 0 Å². The predicted octanol–water partition coefficient (Wildman–Crippen LogP) is 24.5. The van der Waals surface area contributed by atoms with E-state index in [1.165, 1.54) is 116 Å². The van der Waals surface area contributed by atoms with Crippen molar-refractivity contribution in [2.75, 3.05) is 11.4 Å². The van der Waals surface area contributed by atoms with E-state index < -0.39 is 0 Å². The van der Waals surface area contributed by atoms with Crippen LogP contribution in [0.2, 0.25) is 0 Å². The standard InChI is InChI=1S/C90H79N/c1-5-21-68(22-6-1)72-48-39-64(40-49-72)37-38-67-47-56-76(54-45-65-41-50-73(51-42-65)69-23-7-2-8-24-69)88-84-34-18-15-30-80(84)81-31-16-19-35-85(81)89(88)77(55-46-66-43-52-74(53-44-66)70-25-9-3-10-26-70)61-62-91(78-59-57-75(58-60-78)71-27-11-4-12-28-71)90-86-36-20-17-32-82(86)79-29-13-14-33-83(79)87(90)63-67/h1-36,39,41-44,48,50-53,57-60,67,76-77H,37-38,40,45-47,49,54-56,61-63H2. The fourth-order valence-corrected chi connectivity index (χ4v) is 15.7. The maximum absolute atomic E-state index is 2.80. The largest absolute Gasteiger partial charge is 0.341 e. The second-order valence-electron chi connectivity index (χ2n) is 25.9. The van der Waals surface area contributed by atoms with Gasteiger partial charge in [0.25, 0.3) is 0 Å². The lowest BCUT2D eigenvalue weighted by Gasteiger charge is -2.33. The van der Waals surface area contributed by atoms with E-state index in [1.807, 2.05) is 0 Å². The Bertz CT molecular complexity index is 4700. The van der Waals surface area contributed by atoms with E-state index in [9.17, 15) is 0 Å². The molecular formula is C90H79N. The number of benzene rings is 13. The molecule has 0 radical (unpaired) electrons. The lowest BCUT2D eigenvalue weighted by Crippen LogP contribution is -2.23. The maximum atomic E-state index is 2.80. The lowest BCUT2D eigenvalue weighted by atomic mass is 9.74. The van der Waals surface area contributed by atoms with Crippen LogP contribution >= 0.6 is 0 Å². The summed E-state index contributed by atoms with van der Waals surface area (Å²) < 4.78 is 0. The van der Waals surface area contributed by atoms with E-state index in [-0.39, 0.29) is 5.92 Å². The van der Waals surface area contributed by atoms with Gasteiger partial charge in [-0.15, -0.1) is 0 Å². The number of fused-ring (bicyclic) bond motifs is 12. The zero-order chi connectivity index (χ0) is 60.7. The fourth-order valence-electron chi connectivity index (χ4n) is 15.7. The first-order valence-corrected chi connectivity index (χ1v) is 33.6. The van der Waals surface area contributed by atoms with Crippen LogP contribution in [-0.2, 0) is 19.3 Å². The fraction of sp³-hybridized carbons (Fsp3) is 0.178. The molecule has 3 atom stereocenters. The average molecular weight is 1170 g/mol. The minimum atomic E-state index is 0.232. The molecule has 1 aliphatic carbocycles. The molecule has 0 spiro atoms. The summed E-state index contributed by atoms with van der Waals surface area (Å²) in [5, 5.41) is 11.0. The van der Waals surface area contributed by atoms with E-state index in [0.29, 0.717) is 11.8 Å². The van der Waals surface area contributed by atoms with Gasteiger partial charge in [-0.1, -0.05) is 297 Å². The summed E-state index contributed by atoms with van der Waals surface area (Å²) in [5.41, 5.74) is 22.0. The lowest BCUT2D eigenvalue weighted by molar-refractivity contribution is 0.403. The van der Waals surface area contributed by atoms with Crippen LogP contribution in [0.25, 0.3) is 82.0 Å². The van der Waals surface area contributed by atoms with Crippen molar-refractivity contribution in [3.8, 4) is 33.4 Å². The highest BCUT2D eigenvalue weighted by Crippen LogP contribution is 2.50. The molecule has 0 N–H and O–H groups in total. The van der Waals surface area contributed by atoms with Gasteiger partial charge < -0.3 is 4.90 Å². The molecule has 0 saturated heterocycles. The first-order chi connectivity index (χ1) is 45.1. The molecule has 15 rings (SSSR count). The summed E-state index contributed by atoms with van der Waals surface area (Å²) >= 11 is 0. The van der Waals surface area contributed by atoms with E-state index in [1.54, 1.807) is 16.7 Å². The third-order valence-electron chi connectivity index (χ3n) is 20.5. The highest BCUT2D eigenvalue weighted by molar-refractivity contribution is 6.16. The Balaban J connectivity index is 0.922. The zero-order valence-electron chi connectivity index (χ0n) is 52.2. The third kappa shape index (κ3) is 12.4. The second kappa shape index (κ2) is 26.7. The van der Waals surface area contributed by atoms with Gasteiger partial charge in [0.15, 0.2) is 0 Å². The van der Waals surface area contributed by atoms with Crippen LogP contribution in [0, 0.1) is 5.92 Å². The molecule has 3 unspecified atom stereocenters. The van der Waals surface area contributed by atoms with E-state index in [2.05, 4.69) is 308 Å². The van der Waals surface area contributed by atoms with Crippen LogP contribution < -0.4 is 4.90 Å². The summed E-state index contributed by atoms with van der Waals surface area (Å²) in [6, 6.07) is 110. The first kappa shape index (κ1) is 57.6. The summed E-state index contributed by atoms with van der Waals surface area (Å²) in [6.07, 6.45) is 17.7. The van der Waals surface area contributed by atoms with Crippen molar-refractivity contribution in [2.24, 2.45) is 5.92 Å². The van der Waals surface area contributed by atoms with Crippen LogP contribution in [0.15, 0.2) is 309 Å². The van der Waals surface area contributed by atoms with Crippen molar-refractivity contribution in [1.29, 1.82) is 0 Å². The number of nitrogens with zero attached hydrogens (tertiary/aromatic N) is 1. The zero-order valence-corrected chi connectivity index (χ0v) is 52.2. The summed E-state index contributed by atoms with van der Waals surface area (Å²) in [5.74, 6) is 0.967. The number of hydrogen-bond donors (Lipinski definition) is 0. The highest BCUT2D eigenvalue weighted by Gasteiger charge is 2.31. The normalized spacial score (nSPS) is 16.3. The highest BCUT2D eigenvalue weighted by atomic mass is 15.1. The molecule has 91 heavy (non-hydrogen) atoms. The topological polar surface area (TPSA) is 3.24 Å².